The summed E-state index contributed by atoms with van der Waals surface area (Å²) in [7, 11) is 0. The molecule has 0 amide bonds. The first-order chi connectivity index (χ1) is 7.29. The fraction of sp³-hybridized carbons (Fsp3) is 0.636. The number of hydrogen-bond donors (Lipinski definition) is 0. The minimum atomic E-state index is -0.0469. The summed E-state index contributed by atoms with van der Waals surface area (Å²) in [6.07, 6.45) is 8.67. The second-order valence-corrected chi connectivity index (χ2v) is 4.43. The molecule has 0 atom stereocenters. The van der Waals surface area contributed by atoms with Gasteiger partial charge < -0.3 is 0 Å². The Hall–Kier alpha value is -0.830. The number of carbonyl (C=O) groups excluding carboxylic acids is 1. The number of nitrogens with zero attached hydrogens (tertiary/aromatic N) is 2. The van der Waals surface area contributed by atoms with E-state index in [2.05, 4.69) is 5.10 Å². The molecule has 0 aromatic carbocycles. The van der Waals surface area contributed by atoms with Gasteiger partial charge in [0.15, 0.2) is 5.78 Å². The number of rotatable bonds is 4. The molecular formula is C11H15ClN2O. The van der Waals surface area contributed by atoms with Crippen LogP contribution in [0.15, 0.2) is 12.4 Å². The van der Waals surface area contributed by atoms with Gasteiger partial charge in [0.25, 0.3) is 0 Å². The molecule has 2 rings (SSSR count). The van der Waals surface area contributed by atoms with Crippen molar-refractivity contribution in [1.82, 2.24) is 9.78 Å². The van der Waals surface area contributed by atoms with E-state index in [4.69, 9.17) is 11.6 Å². The van der Waals surface area contributed by atoms with Gasteiger partial charge in [0.1, 0.15) is 0 Å². The van der Waals surface area contributed by atoms with E-state index < -0.39 is 0 Å². The Bertz CT molecular complexity index is 342. The molecule has 15 heavy (non-hydrogen) atoms. The summed E-state index contributed by atoms with van der Waals surface area (Å²) in [6, 6.07) is 0. The molecule has 82 valence electrons. The molecule has 0 saturated heterocycles. The quantitative estimate of drug-likeness (QED) is 0.584. The zero-order valence-electron chi connectivity index (χ0n) is 8.66. The highest BCUT2D eigenvalue weighted by Gasteiger charge is 2.16. The standard InChI is InChI=1S/C11H15ClN2O/c12-5-11(15)10-6-13-14(8-10)7-9-3-1-2-4-9/h6,8-9H,1-5,7H2. The Balaban J connectivity index is 1.97. The summed E-state index contributed by atoms with van der Waals surface area (Å²) < 4.78 is 1.87. The highest BCUT2D eigenvalue weighted by molar-refractivity contribution is 6.30. The summed E-state index contributed by atoms with van der Waals surface area (Å²) in [6.45, 7) is 0.940. The molecule has 0 unspecified atom stereocenters. The van der Waals surface area contributed by atoms with Crippen molar-refractivity contribution in [3.8, 4) is 0 Å². The minimum absolute atomic E-state index is 0.0368. The predicted molar refractivity (Wildman–Crippen MR) is 59.2 cm³/mol. The van der Waals surface area contributed by atoms with E-state index in [9.17, 15) is 4.79 Å². The van der Waals surface area contributed by atoms with Gasteiger partial charge in [-0.05, 0) is 18.8 Å². The SMILES string of the molecule is O=C(CCl)c1cnn(CC2CCCC2)c1. The third-order valence-electron chi connectivity index (χ3n) is 3.00. The lowest BCUT2D eigenvalue weighted by molar-refractivity contribution is 0.102. The number of halogens is 1. The lowest BCUT2D eigenvalue weighted by Crippen LogP contribution is -2.07. The number of aromatic nitrogens is 2. The van der Waals surface area contributed by atoms with E-state index in [0.29, 0.717) is 5.56 Å². The van der Waals surface area contributed by atoms with Crippen molar-refractivity contribution >= 4 is 17.4 Å². The van der Waals surface area contributed by atoms with E-state index in [1.807, 2.05) is 10.9 Å². The predicted octanol–water partition coefficient (Wildman–Crippen LogP) is 2.49. The molecule has 1 fully saturated rings. The molecule has 4 heteroatoms. The van der Waals surface area contributed by atoms with Gasteiger partial charge in [-0.2, -0.15) is 5.10 Å². The lowest BCUT2D eigenvalue weighted by atomic mass is 10.1. The van der Waals surface area contributed by atoms with Crippen LogP contribution >= 0.6 is 11.6 Å². The fourth-order valence-electron chi connectivity index (χ4n) is 2.14. The number of ketones is 1. The maximum Gasteiger partial charge on any atom is 0.180 e. The summed E-state index contributed by atoms with van der Waals surface area (Å²) >= 11 is 5.48. The number of Topliss-reactive ketones (excluding diaryl/α,β-unsaturated/α-hetero) is 1. The minimum Gasteiger partial charge on any atom is -0.293 e. The van der Waals surface area contributed by atoms with E-state index in [1.54, 1.807) is 6.20 Å². The number of carbonyl (C=O) groups is 1. The normalized spacial score (nSPS) is 17.1. The van der Waals surface area contributed by atoms with E-state index >= 15 is 0 Å². The van der Waals surface area contributed by atoms with Gasteiger partial charge >= 0.3 is 0 Å². The molecule has 3 nitrogen and oxygen atoms in total. The largest absolute Gasteiger partial charge is 0.293 e. The summed E-state index contributed by atoms with van der Waals surface area (Å²) in [5, 5.41) is 4.19. The first-order valence-corrected chi connectivity index (χ1v) is 5.94. The van der Waals surface area contributed by atoms with Crippen LogP contribution < -0.4 is 0 Å². The van der Waals surface area contributed by atoms with Crippen molar-refractivity contribution in [2.45, 2.75) is 32.2 Å². The monoisotopic (exact) mass is 226 g/mol. The third kappa shape index (κ3) is 2.59. The highest BCUT2D eigenvalue weighted by Crippen LogP contribution is 2.25. The average Bonchev–Trinajstić information content (AvgIpc) is 2.88. The van der Waals surface area contributed by atoms with Crippen molar-refractivity contribution in [2.75, 3.05) is 5.88 Å². The maximum atomic E-state index is 11.3. The van der Waals surface area contributed by atoms with Crippen LogP contribution in [0.2, 0.25) is 0 Å². The van der Waals surface area contributed by atoms with E-state index in [0.717, 1.165) is 12.5 Å². The van der Waals surface area contributed by atoms with Crippen LogP contribution in [0.5, 0.6) is 0 Å². The summed E-state index contributed by atoms with van der Waals surface area (Å²) in [4.78, 5) is 11.3. The van der Waals surface area contributed by atoms with E-state index in [-0.39, 0.29) is 11.7 Å². The molecule has 1 aliphatic carbocycles. The zero-order valence-corrected chi connectivity index (χ0v) is 9.41. The van der Waals surface area contributed by atoms with Gasteiger partial charge in [0.2, 0.25) is 0 Å². The molecule has 1 aliphatic rings. The number of alkyl halides is 1. The second-order valence-electron chi connectivity index (χ2n) is 4.16. The molecule has 1 saturated carbocycles. The topological polar surface area (TPSA) is 34.9 Å². The van der Waals surface area contributed by atoms with Crippen molar-refractivity contribution in [2.24, 2.45) is 5.92 Å². The molecule has 0 radical (unpaired) electrons. The summed E-state index contributed by atoms with van der Waals surface area (Å²) in [5.41, 5.74) is 0.628. The van der Waals surface area contributed by atoms with Gasteiger partial charge in [-0.15, -0.1) is 11.6 Å². The first-order valence-electron chi connectivity index (χ1n) is 5.41. The molecule has 0 N–H and O–H groups in total. The van der Waals surface area contributed by atoms with Crippen LogP contribution in [0.4, 0.5) is 0 Å². The van der Waals surface area contributed by atoms with Crippen molar-refractivity contribution in [1.29, 1.82) is 0 Å². The van der Waals surface area contributed by atoms with Crippen LogP contribution in [-0.4, -0.2) is 21.4 Å². The van der Waals surface area contributed by atoms with Gasteiger partial charge in [-0.3, -0.25) is 9.48 Å². The van der Waals surface area contributed by atoms with Crippen LogP contribution in [0, 0.1) is 5.92 Å². The second kappa shape index (κ2) is 4.79. The molecule has 0 spiro atoms. The van der Waals surface area contributed by atoms with Crippen LogP contribution in [-0.2, 0) is 6.54 Å². The van der Waals surface area contributed by atoms with Crippen molar-refractivity contribution in [3.63, 3.8) is 0 Å². The third-order valence-corrected chi connectivity index (χ3v) is 3.24. The zero-order chi connectivity index (χ0) is 10.7. The Morgan fingerprint density at radius 3 is 2.93 bits per heavy atom. The Labute approximate surface area is 94.4 Å². The van der Waals surface area contributed by atoms with Gasteiger partial charge in [0, 0.05) is 12.7 Å². The Morgan fingerprint density at radius 1 is 1.53 bits per heavy atom. The lowest BCUT2D eigenvalue weighted by Gasteiger charge is -2.07. The van der Waals surface area contributed by atoms with Crippen LogP contribution in [0.25, 0.3) is 0 Å². The van der Waals surface area contributed by atoms with Crippen LogP contribution in [0.3, 0.4) is 0 Å². The molecule has 0 aliphatic heterocycles. The fourth-order valence-corrected chi connectivity index (χ4v) is 2.30. The van der Waals surface area contributed by atoms with Gasteiger partial charge in [0.05, 0.1) is 17.6 Å². The molecule has 1 heterocycles. The van der Waals surface area contributed by atoms with Gasteiger partial charge in [-0.1, -0.05) is 12.8 Å². The Morgan fingerprint density at radius 2 is 2.27 bits per heavy atom. The highest BCUT2D eigenvalue weighted by atomic mass is 35.5. The molecular weight excluding hydrogens is 212 g/mol. The number of hydrogen-bond acceptors (Lipinski definition) is 2. The Kier molecular flexibility index (Phi) is 3.41. The first kappa shape index (κ1) is 10.7. The maximum absolute atomic E-state index is 11.3. The molecule has 1 aromatic heterocycles. The van der Waals surface area contributed by atoms with Crippen molar-refractivity contribution < 1.29 is 4.79 Å². The van der Waals surface area contributed by atoms with Crippen LogP contribution in [0.1, 0.15) is 36.0 Å². The molecule has 0 bridgehead atoms. The smallest absolute Gasteiger partial charge is 0.180 e. The van der Waals surface area contributed by atoms with E-state index in [1.165, 1.54) is 25.7 Å². The average molecular weight is 227 g/mol. The van der Waals surface area contributed by atoms with Crippen molar-refractivity contribution in [3.05, 3.63) is 18.0 Å². The molecule has 1 aromatic rings. The summed E-state index contributed by atoms with van der Waals surface area (Å²) in [5.74, 6) is 0.730. The van der Waals surface area contributed by atoms with Gasteiger partial charge in [-0.25, -0.2) is 0 Å².